The number of imide groups is 1. The summed E-state index contributed by atoms with van der Waals surface area (Å²) in [7, 11) is 0. The van der Waals surface area contributed by atoms with Gasteiger partial charge in [0.05, 0.1) is 11.1 Å². The third-order valence-electron chi connectivity index (χ3n) is 7.22. The number of nitrogens with one attached hydrogen (secondary N) is 1. The molecular formula is C29H35N3O4. The molecule has 1 aliphatic heterocycles. The van der Waals surface area contributed by atoms with Crippen LogP contribution in [0.25, 0.3) is 0 Å². The van der Waals surface area contributed by atoms with Crippen LogP contribution in [0.1, 0.15) is 78.1 Å². The van der Waals surface area contributed by atoms with Gasteiger partial charge in [0.1, 0.15) is 6.04 Å². The second-order valence-electron chi connectivity index (χ2n) is 9.65. The first-order valence-electron chi connectivity index (χ1n) is 13.1. The molecule has 1 aliphatic carbocycles. The number of carbonyl (C=O) groups excluding carboxylic acids is 4. The summed E-state index contributed by atoms with van der Waals surface area (Å²) in [5.74, 6) is -0.847. The Hall–Kier alpha value is -3.48. The molecule has 1 heterocycles. The van der Waals surface area contributed by atoms with Gasteiger partial charge in [-0.3, -0.25) is 24.1 Å². The van der Waals surface area contributed by atoms with Crippen molar-refractivity contribution >= 4 is 23.6 Å². The van der Waals surface area contributed by atoms with Gasteiger partial charge in [-0.25, -0.2) is 0 Å². The maximum atomic E-state index is 13.4. The first kappa shape index (κ1) is 25.6. The molecule has 0 radical (unpaired) electrons. The van der Waals surface area contributed by atoms with E-state index in [9.17, 15) is 19.2 Å². The van der Waals surface area contributed by atoms with E-state index in [0.717, 1.165) is 31.2 Å². The summed E-state index contributed by atoms with van der Waals surface area (Å²) in [6.45, 7) is 2.54. The van der Waals surface area contributed by atoms with Crippen LogP contribution < -0.4 is 5.32 Å². The second-order valence-corrected chi connectivity index (χ2v) is 9.65. The molecule has 36 heavy (non-hydrogen) atoms. The van der Waals surface area contributed by atoms with Crippen LogP contribution >= 0.6 is 0 Å². The molecule has 7 nitrogen and oxygen atoms in total. The van der Waals surface area contributed by atoms with Gasteiger partial charge in [0.2, 0.25) is 11.8 Å². The minimum Gasteiger partial charge on any atom is -0.352 e. The zero-order chi connectivity index (χ0) is 25.5. The Bertz CT molecular complexity index is 1060. The highest BCUT2D eigenvalue weighted by Crippen LogP contribution is 2.23. The van der Waals surface area contributed by atoms with Gasteiger partial charge in [0, 0.05) is 25.6 Å². The number of hydrogen-bond acceptors (Lipinski definition) is 4. The minimum absolute atomic E-state index is 0.0915. The molecule has 1 N–H and O–H groups in total. The first-order valence-corrected chi connectivity index (χ1v) is 13.1. The molecule has 0 spiro atoms. The largest absolute Gasteiger partial charge is 0.352 e. The maximum Gasteiger partial charge on any atom is 0.261 e. The molecule has 2 aromatic carbocycles. The lowest BCUT2D eigenvalue weighted by molar-refractivity contribution is -0.141. The van der Waals surface area contributed by atoms with Crippen molar-refractivity contribution in [3.63, 3.8) is 0 Å². The Morgan fingerprint density at radius 3 is 2.19 bits per heavy atom. The van der Waals surface area contributed by atoms with Gasteiger partial charge in [-0.1, -0.05) is 62.2 Å². The van der Waals surface area contributed by atoms with Crippen molar-refractivity contribution < 1.29 is 19.2 Å². The van der Waals surface area contributed by atoms with Crippen LogP contribution in [0.4, 0.5) is 0 Å². The summed E-state index contributed by atoms with van der Waals surface area (Å²) in [5.41, 5.74) is 1.92. The van der Waals surface area contributed by atoms with E-state index in [1.165, 1.54) is 4.90 Å². The summed E-state index contributed by atoms with van der Waals surface area (Å²) >= 11 is 0. The normalized spacial score (nSPS) is 16.2. The predicted octanol–water partition coefficient (Wildman–Crippen LogP) is 3.97. The smallest absolute Gasteiger partial charge is 0.261 e. The Balaban J connectivity index is 1.40. The number of hydrogen-bond donors (Lipinski definition) is 1. The monoisotopic (exact) mass is 489 g/mol. The number of nitrogens with zero attached hydrogens (tertiary/aromatic N) is 2. The van der Waals surface area contributed by atoms with E-state index in [2.05, 4.69) is 5.32 Å². The zero-order valence-corrected chi connectivity index (χ0v) is 20.9. The average molecular weight is 490 g/mol. The van der Waals surface area contributed by atoms with Crippen LogP contribution in [-0.4, -0.2) is 58.6 Å². The molecule has 1 fully saturated rings. The molecule has 0 bridgehead atoms. The van der Waals surface area contributed by atoms with Crippen molar-refractivity contribution in [3.05, 3.63) is 71.3 Å². The van der Waals surface area contributed by atoms with Crippen LogP contribution in [0.2, 0.25) is 0 Å². The lowest BCUT2D eigenvalue weighted by atomic mass is 10.1. The van der Waals surface area contributed by atoms with Gasteiger partial charge < -0.3 is 10.2 Å². The van der Waals surface area contributed by atoms with Crippen molar-refractivity contribution in [2.75, 3.05) is 13.1 Å². The van der Waals surface area contributed by atoms with Gasteiger partial charge in [0.25, 0.3) is 11.8 Å². The van der Waals surface area contributed by atoms with Gasteiger partial charge in [-0.05, 0) is 49.8 Å². The Labute approximate surface area is 212 Å². The van der Waals surface area contributed by atoms with Crippen molar-refractivity contribution in [1.82, 2.24) is 15.1 Å². The van der Waals surface area contributed by atoms with E-state index in [4.69, 9.17) is 0 Å². The molecule has 1 atom stereocenters. The van der Waals surface area contributed by atoms with Crippen molar-refractivity contribution in [2.24, 2.45) is 0 Å². The molecule has 0 saturated heterocycles. The van der Waals surface area contributed by atoms with Gasteiger partial charge >= 0.3 is 0 Å². The molecular weight excluding hydrogens is 454 g/mol. The van der Waals surface area contributed by atoms with E-state index in [1.54, 1.807) is 29.2 Å². The Morgan fingerprint density at radius 1 is 0.972 bits per heavy atom. The third kappa shape index (κ3) is 5.83. The van der Waals surface area contributed by atoms with Crippen molar-refractivity contribution in [3.8, 4) is 0 Å². The van der Waals surface area contributed by atoms with Crippen LogP contribution in [0.15, 0.2) is 54.6 Å². The lowest BCUT2D eigenvalue weighted by Gasteiger charge is -2.31. The summed E-state index contributed by atoms with van der Waals surface area (Å²) in [6, 6.07) is 16.4. The zero-order valence-electron chi connectivity index (χ0n) is 20.9. The summed E-state index contributed by atoms with van der Waals surface area (Å²) in [5, 5.41) is 3.16. The third-order valence-corrected chi connectivity index (χ3v) is 7.22. The number of amides is 4. The molecule has 1 saturated carbocycles. The highest BCUT2D eigenvalue weighted by atomic mass is 16.2. The fourth-order valence-electron chi connectivity index (χ4n) is 5.24. The van der Waals surface area contributed by atoms with Gasteiger partial charge in [0.15, 0.2) is 0 Å². The van der Waals surface area contributed by atoms with E-state index < -0.39 is 6.04 Å². The quantitative estimate of drug-likeness (QED) is 0.484. The van der Waals surface area contributed by atoms with Gasteiger partial charge in [-0.15, -0.1) is 0 Å². The SMILES string of the molecule is CCC(C(=O)NC1CCCC1)N(CCc1ccccc1)C(=O)CCCN1C(=O)c2ccccc2C1=O. The van der Waals surface area contributed by atoms with E-state index >= 15 is 0 Å². The molecule has 4 rings (SSSR count). The average Bonchev–Trinajstić information content (AvgIpc) is 3.49. The second kappa shape index (κ2) is 12.0. The standard InChI is InChI=1S/C29H35N3O4/c1-2-25(27(34)30-22-13-6-7-14-22)31(20-18-21-11-4-3-5-12-21)26(33)17-10-19-32-28(35)23-15-8-9-16-24(23)29(32)36/h3-5,8-9,11-12,15-16,22,25H,2,6-7,10,13-14,17-20H2,1H3,(H,30,34). The molecule has 1 unspecified atom stereocenters. The number of benzene rings is 2. The molecule has 2 aromatic rings. The van der Waals surface area contributed by atoms with E-state index in [1.807, 2.05) is 37.3 Å². The fraction of sp³-hybridized carbons (Fsp3) is 0.448. The number of carbonyl (C=O) groups is 4. The molecule has 2 aliphatic rings. The van der Waals surface area contributed by atoms with Gasteiger partial charge in [-0.2, -0.15) is 0 Å². The summed E-state index contributed by atoms with van der Waals surface area (Å²) in [4.78, 5) is 54.8. The maximum absolute atomic E-state index is 13.4. The van der Waals surface area contributed by atoms with Crippen LogP contribution in [0.3, 0.4) is 0 Å². The highest BCUT2D eigenvalue weighted by Gasteiger charge is 2.35. The predicted molar refractivity (Wildman–Crippen MR) is 137 cm³/mol. The lowest BCUT2D eigenvalue weighted by Crippen LogP contribution is -2.52. The van der Waals surface area contributed by atoms with E-state index in [-0.39, 0.29) is 42.6 Å². The Morgan fingerprint density at radius 2 is 1.58 bits per heavy atom. The molecule has 0 aromatic heterocycles. The topological polar surface area (TPSA) is 86.8 Å². The summed E-state index contributed by atoms with van der Waals surface area (Å²) in [6.07, 6.45) is 5.91. The highest BCUT2D eigenvalue weighted by molar-refractivity contribution is 6.21. The summed E-state index contributed by atoms with van der Waals surface area (Å²) < 4.78 is 0. The first-order chi connectivity index (χ1) is 17.5. The molecule has 7 heteroatoms. The van der Waals surface area contributed by atoms with Crippen molar-refractivity contribution in [2.45, 2.75) is 70.4 Å². The molecule has 4 amide bonds. The van der Waals surface area contributed by atoms with Crippen molar-refractivity contribution in [1.29, 1.82) is 0 Å². The molecule has 190 valence electrons. The number of rotatable bonds is 11. The fourth-order valence-corrected chi connectivity index (χ4v) is 5.24. The Kier molecular flexibility index (Phi) is 8.52. The van der Waals surface area contributed by atoms with Crippen LogP contribution in [-0.2, 0) is 16.0 Å². The number of fused-ring (bicyclic) bond motifs is 1. The minimum atomic E-state index is -0.541. The van der Waals surface area contributed by atoms with Crippen LogP contribution in [0.5, 0.6) is 0 Å². The van der Waals surface area contributed by atoms with Crippen LogP contribution in [0, 0.1) is 0 Å². The van der Waals surface area contributed by atoms with E-state index in [0.29, 0.717) is 36.9 Å².